The van der Waals surface area contributed by atoms with E-state index in [9.17, 15) is 4.39 Å². The van der Waals surface area contributed by atoms with Crippen molar-refractivity contribution in [2.45, 2.75) is 25.1 Å². The summed E-state index contributed by atoms with van der Waals surface area (Å²) >= 11 is 0. The maximum Gasteiger partial charge on any atom is 0.173 e. The molecule has 0 bridgehead atoms. The molecular formula is C9H14FN3. The molecule has 3 nitrogen and oxygen atoms in total. The molecule has 4 heteroatoms. The van der Waals surface area contributed by atoms with Gasteiger partial charge in [0.15, 0.2) is 6.17 Å². The zero-order valence-electron chi connectivity index (χ0n) is 7.70. The van der Waals surface area contributed by atoms with Crippen LogP contribution in [0.1, 0.15) is 24.8 Å². The summed E-state index contributed by atoms with van der Waals surface area (Å²) in [5.41, 5.74) is 0. The lowest BCUT2D eigenvalue weighted by molar-refractivity contribution is 0.253. The number of alkyl halides is 1. The van der Waals surface area contributed by atoms with Crippen LogP contribution in [-0.2, 0) is 7.05 Å². The largest absolute Gasteiger partial charge is 0.336 e. The second kappa shape index (κ2) is 3.46. The van der Waals surface area contributed by atoms with Crippen LogP contribution >= 0.6 is 0 Å². The summed E-state index contributed by atoms with van der Waals surface area (Å²) in [6.45, 7) is 0.926. The molecule has 2 heterocycles. The second-order valence-corrected chi connectivity index (χ2v) is 3.50. The van der Waals surface area contributed by atoms with Crippen LogP contribution in [0.3, 0.4) is 0 Å². The van der Waals surface area contributed by atoms with Crippen LogP contribution in [-0.4, -0.2) is 22.1 Å². The molecule has 1 aromatic heterocycles. The van der Waals surface area contributed by atoms with Gasteiger partial charge in [-0.2, -0.15) is 0 Å². The maximum atomic E-state index is 13.8. The van der Waals surface area contributed by atoms with Gasteiger partial charge in [0.2, 0.25) is 0 Å². The van der Waals surface area contributed by atoms with Gasteiger partial charge in [0, 0.05) is 25.5 Å². The van der Waals surface area contributed by atoms with Crippen molar-refractivity contribution in [1.29, 1.82) is 0 Å². The topological polar surface area (TPSA) is 29.9 Å². The first-order valence-corrected chi connectivity index (χ1v) is 4.63. The van der Waals surface area contributed by atoms with Crippen LogP contribution in [0.25, 0.3) is 0 Å². The van der Waals surface area contributed by atoms with Gasteiger partial charge < -0.3 is 9.88 Å². The predicted molar refractivity (Wildman–Crippen MR) is 48.1 cm³/mol. The zero-order valence-corrected chi connectivity index (χ0v) is 7.70. The summed E-state index contributed by atoms with van der Waals surface area (Å²) in [7, 11) is 1.82. The molecule has 1 aromatic rings. The monoisotopic (exact) mass is 183 g/mol. The van der Waals surface area contributed by atoms with Crippen LogP contribution in [0.15, 0.2) is 12.4 Å². The van der Waals surface area contributed by atoms with E-state index < -0.39 is 6.17 Å². The zero-order chi connectivity index (χ0) is 9.26. The molecule has 1 aliphatic rings. The Balaban J connectivity index is 2.12. The summed E-state index contributed by atoms with van der Waals surface area (Å²) < 4.78 is 15.5. The number of aryl methyl sites for hydroxylation is 1. The van der Waals surface area contributed by atoms with E-state index in [1.807, 2.05) is 7.05 Å². The molecule has 2 atom stereocenters. The van der Waals surface area contributed by atoms with Crippen molar-refractivity contribution in [2.24, 2.45) is 7.05 Å². The highest BCUT2D eigenvalue weighted by Gasteiger charge is 2.28. The van der Waals surface area contributed by atoms with E-state index in [4.69, 9.17) is 0 Å². The third-order valence-electron chi connectivity index (χ3n) is 2.56. The van der Waals surface area contributed by atoms with E-state index in [0.29, 0.717) is 5.82 Å². The number of nitrogens with one attached hydrogen (secondary N) is 1. The Morgan fingerprint density at radius 2 is 2.62 bits per heavy atom. The van der Waals surface area contributed by atoms with E-state index in [2.05, 4.69) is 10.3 Å². The first-order chi connectivity index (χ1) is 6.29. The number of hydrogen-bond donors (Lipinski definition) is 1. The van der Waals surface area contributed by atoms with Gasteiger partial charge in [-0.3, -0.25) is 0 Å². The quantitative estimate of drug-likeness (QED) is 0.746. The number of aromatic nitrogens is 2. The highest BCUT2D eigenvalue weighted by atomic mass is 19.1. The van der Waals surface area contributed by atoms with Crippen molar-refractivity contribution in [2.75, 3.05) is 6.54 Å². The lowest BCUT2D eigenvalue weighted by Crippen LogP contribution is -2.28. The Morgan fingerprint density at radius 1 is 1.77 bits per heavy atom. The van der Waals surface area contributed by atoms with Gasteiger partial charge in [-0.25, -0.2) is 9.37 Å². The molecule has 1 aliphatic heterocycles. The fourth-order valence-corrected chi connectivity index (χ4v) is 1.78. The van der Waals surface area contributed by atoms with Crippen molar-refractivity contribution in [1.82, 2.24) is 14.9 Å². The van der Waals surface area contributed by atoms with Crippen LogP contribution in [0, 0.1) is 0 Å². The average molecular weight is 183 g/mol. The first kappa shape index (κ1) is 8.69. The van der Waals surface area contributed by atoms with Gasteiger partial charge in [0.05, 0.1) is 0 Å². The summed E-state index contributed by atoms with van der Waals surface area (Å²) in [6.07, 6.45) is 4.42. The smallest absolute Gasteiger partial charge is 0.173 e. The predicted octanol–water partition coefficient (Wildman–Crippen LogP) is 1.18. The molecule has 2 unspecified atom stereocenters. The Hall–Kier alpha value is -0.900. The SMILES string of the molecule is Cn1ccnc1C(F)C1CCCN1. The molecule has 1 N–H and O–H groups in total. The summed E-state index contributed by atoms with van der Waals surface area (Å²) in [5, 5.41) is 3.14. The standard InChI is InChI=1S/C9H14FN3/c1-13-6-5-12-9(13)8(10)7-3-2-4-11-7/h5-8,11H,2-4H2,1H3. The van der Waals surface area contributed by atoms with E-state index in [1.165, 1.54) is 0 Å². The molecule has 1 saturated heterocycles. The second-order valence-electron chi connectivity index (χ2n) is 3.50. The molecule has 0 aromatic carbocycles. The van der Waals surface area contributed by atoms with Crippen LogP contribution in [0.2, 0.25) is 0 Å². The molecule has 13 heavy (non-hydrogen) atoms. The molecule has 0 saturated carbocycles. The summed E-state index contributed by atoms with van der Waals surface area (Å²) in [4.78, 5) is 4.01. The maximum absolute atomic E-state index is 13.8. The average Bonchev–Trinajstić information content (AvgIpc) is 2.72. The number of halogens is 1. The minimum absolute atomic E-state index is 0.0406. The van der Waals surface area contributed by atoms with Gasteiger partial charge in [-0.05, 0) is 19.4 Å². The molecule has 0 aliphatic carbocycles. The third-order valence-corrected chi connectivity index (χ3v) is 2.56. The van der Waals surface area contributed by atoms with Crippen LogP contribution < -0.4 is 5.32 Å². The number of rotatable bonds is 2. The van der Waals surface area contributed by atoms with Gasteiger partial charge in [0.25, 0.3) is 0 Å². The highest BCUT2D eigenvalue weighted by molar-refractivity contribution is 5.01. The van der Waals surface area contributed by atoms with E-state index >= 15 is 0 Å². The van der Waals surface area contributed by atoms with Gasteiger partial charge in [-0.1, -0.05) is 0 Å². The highest BCUT2D eigenvalue weighted by Crippen LogP contribution is 2.24. The molecule has 2 rings (SSSR count). The molecule has 0 radical (unpaired) electrons. The normalized spacial score (nSPS) is 24.9. The van der Waals surface area contributed by atoms with Crippen molar-refractivity contribution < 1.29 is 4.39 Å². The van der Waals surface area contributed by atoms with E-state index in [1.54, 1.807) is 17.0 Å². The van der Waals surface area contributed by atoms with E-state index in [0.717, 1.165) is 19.4 Å². The minimum Gasteiger partial charge on any atom is -0.336 e. The van der Waals surface area contributed by atoms with E-state index in [-0.39, 0.29) is 6.04 Å². The van der Waals surface area contributed by atoms with Crippen LogP contribution in [0.4, 0.5) is 4.39 Å². The fourth-order valence-electron chi connectivity index (χ4n) is 1.78. The lowest BCUT2D eigenvalue weighted by Gasteiger charge is -2.15. The van der Waals surface area contributed by atoms with Crippen molar-refractivity contribution in [3.8, 4) is 0 Å². The molecule has 72 valence electrons. The van der Waals surface area contributed by atoms with Crippen molar-refractivity contribution >= 4 is 0 Å². The van der Waals surface area contributed by atoms with Crippen LogP contribution in [0.5, 0.6) is 0 Å². The van der Waals surface area contributed by atoms with Crippen molar-refractivity contribution in [3.05, 3.63) is 18.2 Å². The fraction of sp³-hybridized carbons (Fsp3) is 0.667. The Kier molecular flexibility index (Phi) is 2.31. The number of nitrogens with zero attached hydrogens (tertiary/aromatic N) is 2. The lowest BCUT2D eigenvalue weighted by atomic mass is 10.1. The molecule has 0 spiro atoms. The summed E-state index contributed by atoms with van der Waals surface area (Å²) in [5.74, 6) is 0.527. The Bertz CT molecular complexity index is 278. The summed E-state index contributed by atoms with van der Waals surface area (Å²) in [6, 6.07) is -0.0406. The van der Waals surface area contributed by atoms with Gasteiger partial charge in [0.1, 0.15) is 5.82 Å². The Morgan fingerprint density at radius 3 is 3.15 bits per heavy atom. The van der Waals surface area contributed by atoms with Gasteiger partial charge >= 0.3 is 0 Å². The number of hydrogen-bond acceptors (Lipinski definition) is 2. The third kappa shape index (κ3) is 1.58. The molecule has 1 fully saturated rings. The molecule has 0 amide bonds. The Labute approximate surface area is 77.0 Å². The number of imidazole rings is 1. The molecular weight excluding hydrogens is 169 g/mol. The van der Waals surface area contributed by atoms with Gasteiger partial charge in [-0.15, -0.1) is 0 Å². The minimum atomic E-state index is -0.970. The first-order valence-electron chi connectivity index (χ1n) is 4.63. The van der Waals surface area contributed by atoms with Crippen molar-refractivity contribution in [3.63, 3.8) is 0 Å².